The first-order valence-corrected chi connectivity index (χ1v) is 12.3. The molecular formula is C21H36O2Si. The van der Waals surface area contributed by atoms with Crippen molar-refractivity contribution in [2.45, 2.75) is 85.5 Å². The van der Waals surface area contributed by atoms with Gasteiger partial charge in [0, 0.05) is 12.3 Å². The van der Waals surface area contributed by atoms with Crippen molar-refractivity contribution < 1.29 is 9.22 Å². The van der Waals surface area contributed by atoms with Crippen molar-refractivity contribution in [2.24, 2.45) is 17.8 Å². The maximum atomic E-state index is 12.5. The highest BCUT2D eigenvalue weighted by Crippen LogP contribution is 2.48. The summed E-state index contributed by atoms with van der Waals surface area (Å²) in [5.41, 5.74) is 3.71. The Hall–Kier alpha value is -0.673. The molecule has 0 aromatic carbocycles. The molecule has 0 saturated heterocycles. The summed E-state index contributed by atoms with van der Waals surface area (Å²) >= 11 is 0. The minimum Gasteiger partial charge on any atom is -0.410 e. The molecule has 0 bridgehead atoms. The Kier molecular flexibility index (Phi) is 5.38. The van der Waals surface area contributed by atoms with E-state index < -0.39 is 8.32 Å². The van der Waals surface area contributed by atoms with Crippen LogP contribution in [0.3, 0.4) is 0 Å². The van der Waals surface area contributed by atoms with E-state index in [2.05, 4.69) is 60.7 Å². The molecule has 0 heterocycles. The van der Waals surface area contributed by atoms with Gasteiger partial charge in [-0.1, -0.05) is 46.3 Å². The molecule has 0 spiro atoms. The predicted octanol–water partition coefficient (Wildman–Crippen LogP) is 5.90. The van der Waals surface area contributed by atoms with Crippen molar-refractivity contribution in [3.05, 3.63) is 22.8 Å². The molecule has 0 N–H and O–H groups in total. The van der Waals surface area contributed by atoms with Crippen LogP contribution in [0.15, 0.2) is 22.8 Å². The summed E-state index contributed by atoms with van der Waals surface area (Å²) in [4.78, 5) is 12.5. The number of Topliss-reactive ketones (excluding diaryl/α,β-unsaturated/α-hetero) is 1. The van der Waals surface area contributed by atoms with Gasteiger partial charge in [0.1, 0.15) is 0 Å². The molecule has 0 aromatic heterocycles. The van der Waals surface area contributed by atoms with E-state index in [1.54, 1.807) is 0 Å². The molecule has 0 amide bonds. The Labute approximate surface area is 149 Å². The summed E-state index contributed by atoms with van der Waals surface area (Å²) < 4.78 is 6.91. The van der Waals surface area contributed by atoms with Gasteiger partial charge < -0.3 is 4.43 Å². The van der Waals surface area contributed by atoms with E-state index >= 15 is 0 Å². The highest BCUT2D eigenvalue weighted by Gasteiger charge is 2.47. The third-order valence-corrected chi connectivity index (χ3v) is 11.1. The van der Waals surface area contributed by atoms with Gasteiger partial charge in [0.25, 0.3) is 0 Å². The molecule has 2 aliphatic rings. The first-order chi connectivity index (χ1) is 10.9. The summed E-state index contributed by atoms with van der Waals surface area (Å²) in [6, 6.07) is 0. The van der Waals surface area contributed by atoms with Crippen molar-refractivity contribution in [2.75, 3.05) is 0 Å². The molecule has 1 unspecified atom stereocenters. The summed E-state index contributed by atoms with van der Waals surface area (Å²) in [5, 5.41) is 0.196. The van der Waals surface area contributed by atoms with E-state index in [1.807, 2.05) is 6.92 Å². The van der Waals surface area contributed by atoms with E-state index in [4.69, 9.17) is 4.43 Å². The topological polar surface area (TPSA) is 26.3 Å². The monoisotopic (exact) mass is 348 g/mol. The van der Waals surface area contributed by atoms with Crippen LogP contribution in [0.5, 0.6) is 0 Å². The van der Waals surface area contributed by atoms with E-state index in [0.29, 0.717) is 30.0 Å². The molecule has 2 nitrogen and oxygen atoms in total. The summed E-state index contributed by atoms with van der Waals surface area (Å²) in [6.45, 7) is 20.3. The third kappa shape index (κ3) is 3.48. The number of fused-ring (bicyclic) bond motifs is 1. The van der Waals surface area contributed by atoms with Crippen LogP contribution in [0, 0.1) is 17.8 Å². The highest BCUT2D eigenvalue weighted by atomic mass is 28.4. The van der Waals surface area contributed by atoms with Crippen LogP contribution >= 0.6 is 0 Å². The lowest BCUT2D eigenvalue weighted by Crippen LogP contribution is -2.50. The van der Waals surface area contributed by atoms with Gasteiger partial charge in [0.15, 0.2) is 14.1 Å². The Bertz CT molecular complexity index is 575. The Morgan fingerprint density at radius 1 is 1.21 bits per heavy atom. The molecule has 24 heavy (non-hydrogen) atoms. The molecular weight excluding hydrogens is 312 g/mol. The van der Waals surface area contributed by atoms with Crippen LogP contribution < -0.4 is 0 Å². The largest absolute Gasteiger partial charge is 0.410 e. The van der Waals surface area contributed by atoms with Crippen LogP contribution in [-0.4, -0.2) is 20.2 Å². The molecule has 3 heteroatoms. The van der Waals surface area contributed by atoms with Crippen LogP contribution in [0.4, 0.5) is 0 Å². The van der Waals surface area contributed by atoms with Crippen molar-refractivity contribution in [1.29, 1.82) is 0 Å². The van der Waals surface area contributed by atoms with Gasteiger partial charge in [-0.3, -0.25) is 4.79 Å². The lowest BCUT2D eigenvalue weighted by atomic mass is 9.64. The van der Waals surface area contributed by atoms with Gasteiger partial charge in [-0.2, -0.15) is 0 Å². The Balaban J connectivity index is 2.48. The van der Waals surface area contributed by atoms with E-state index in [-0.39, 0.29) is 11.1 Å². The zero-order valence-corrected chi connectivity index (χ0v) is 18.1. The molecule has 0 aromatic rings. The van der Waals surface area contributed by atoms with E-state index in [9.17, 15) is 4.79 Å². The van der Waals surface area contributed by atoms with Crippen molar-refractivity contribution >= 4 is 14.1 Å². The maximum absolute atomic E-state index is 12.5. The maximum Gasteiger partial charge on any atom is 0.192 e. The zero-order valence-electron chi connectivity index (χ0n) is 17.1. The molecule has 0 saturated carbocycles. The van der Waals surface area contributed by atoms with Crippen molar-refractivity contribution in [3.63, 3.8) is 0 Å². The summed E-state index contributed by atoms with van der Waals surface area (Å²) in [5.74, 6) is 1.62. The fourth-order valence-corrected chi connectivity index (χ4v) is 5.18. The quantitative estimate of drug-likeness (QED) is 0.468. The normalized spacial score (nSPS) is 29.0. The number of hydrogen-bond donors (Lipinski definition) is 0. The molecule has 0 fully saturated rings. The van der Waals surface area contributed by atoms with Crippen molar-refractivity contribution in [3.8, 4) is 0 Å². The molecule has 2 rings (SSSR count). The van der Waals surface area contributed by atoms with Crippen LogP contribution in [0.2, 0.25) is 18.1 Å². The highest BCUT2D eigenvalue weighted by molar-refractivity contribution is 6.74. The Morgan fingerprint density at radius 3 is 2.29 bits per heavy atom. The molecule has 3 atom stereocenters. The number of carbonyl (C=O) groups excluding carboxylic acids is 1. The molecule has 0 radical (unpaired) electrons. The minimum atomic E-state index is -1.86. The lowest BCUT2D eigenvalue weighted by Gasteiger charge is -2.48. The molecule has 0 aliphatic heterocycles. The third-order valence-electron chi connectivity index (χ3n) is 6.69. The van der Waals surface area contributed by atoms with E-state index in [1.165, 1.54) is 11.1 Å². The van der Waals surface area contributed by atoms with Gasteiger partial charge in [-0.25, -0.2) is 0 Å². The van der Waals surface area contributed by atoms with Gasteiger partial charge in [-0.05, 0) is 61.4 Å². The van der Waals surface area contributed by atoms with E-state index in [0.717, 1.165) is 12.0 Å². The average Bonchev–Trinajstić information content (AvgIpc) is 2.43. The summed E-state index contributed by atoms with van der Waals surface area (Å²) in [7, 11) is -1.86. The second-order valence-corrected chi connectivity index (χ2v) is 14.4. The van der Waals surface area contributed by atoms with Gasteiger partial charge in [0.05, 0.1) is 6.10 Å². The number of hydrogen-bond acceptors (Lipinski definition) is 2. The minimum absolute atomic E-state index is 0.144. The van der Waals surface area contributed by atoms with Gasteiger partial charge in [-0.15, -0.1) is 0 Å². The second-order valence-electron chi connectivity index (χ2n) is 9.66. The van der Waals surface area contributed by atoms with Gasteiger partial charge in [0.2, 0.25) is 0 Å². The summed E-state index contributed by atoms with van der Waals surface area (Å²) in [6.07, 6.45) is 4.05. The van der Waals surface area contributed by atoms with Crippen LogP contribution in [-0.2, 0) is 9.22 Å². The SMILES string of the molecule is CC1=CCC2=C(C)C(=O)C[C@@H](C(C)C)C2[C@@H]1O[Si](C)(C)C(C)(C)C. The predicted molar refractivity (Wildman–Crippen MR) is 105 cm³/mol. The number of allylic oxidation sites excluding steroid dienone is 2. The lowest BCUT2D eigenvalue weighted by molar-refractivity contribution is -0.118. The first-order valence-electron chi connectivity index (χ1n) is 9.44. The van der Waals surface area contributed by atoms with Crippen LogP contribution in [0.1, 0.15) is 61.3 Å². The smallest absolute Gasteiger partial charge is 0.192 e. The Morgan fingerprint density at radius 2 is 1.79 bits per heavy atom. The van der Waals surface area contributed by atoms with Crippen molar-refractivity contribution in [1.82, 2.24) is 0 Å². The standard InChI is InChI=1S/C21H36O2Si/c1-13(2)17-12-18(22)15(4)16-11-10-14(3)20(19(16)17)23-24(8,9)21(5,6)7/h10,13,17,19-20H,11-12H2,1-9H3/t17-,19?,20+/m0/s1. The molecule has 2 aliphatic carbocycles. The number of carbonyl (C=O) groups is 1. The zero-order chi connectivity index (χ0) is 18.4. The second kappa shape index (κ2) is 6.57. The van der Waals surface area contributed by atoms with Crippen LogP contribution in [0.25, 0.3) is 0 Å². The number of rotatable bonds is 3. The van der Waals surface area contributed by atoms with Gasteiger partial charge >= 0.3 is 0 Å². The first kappa shape index (κ1) is 19.6. The average molecular weight is 349 g/mol. The fraction of sp³-hybridized carbons (Fsp3) is 0.762. The molecule has 136 valence electrons. The fourth-order valence-electron chi connectivity index (χ4n) is 3.86. The number of ketones is 1.